The molecular formula is C50H55N9O6S2. The Hall–Kier alpha value is -6.56. The van der Waals surface area contributed by atoms with Gasteiger partial charge >= 0.3 is 0 Å². The molecule has 3 unspecified atom stereocenters. The number of rotatable bonds is 12. The van der Waals surface area contributed by atoms with Crippen LogP contribution in [0.5, 0.6) is 5.75 Å². The van der Waals surface area contributed by atoms with E-state index in [0.29, 0.717) is 17.4 Å². The number of fused-ring (bicyclic) bond motifs is 3. The summed E-state index contributed by atoms with van der Waals surface area (Å²) < 4.78 is 7.88. The maximum Gasteiger partial charge on any atom is 0.258 e. The topological polar surface area (TPSA) is 193 Å². The van der Waals surface area contributed by atoms with Gasteiger partial charge in [0.05, 0.1) is 33.9 Å². The highest BCUT2D eigenvalue weighted by molar-refractivity contribution is 7.15. The van der Waals surface area contributed by atoms with Crippen molar-refractivity contribution in [2.45, 2.75) is 99.1 Å². The summed E-state index contributed by atoms with van der Waals surface area (Å²) in [5.74, 6) is 0.156. The molecule has 67 heavy (non-hydrogen) atoms. The van der Waals surface area contributed by atoms with Crippen LogP contribution in [-0.4, -0.2) is 90.4 Å². The number of likely N-dealkylation sites (tertiary alicyclic amines) is 1. The third-order valence-corrected chi connectivity index (χ3v) is 14.4. The number of hydrogen-bond donors (Lipinski definition) is 4. The third kappa shape index (κ3) is 9.80. The second kappa shape index (κ2) is 19.0. The van der Waals surface area contributed by atoms with Crippen molar-refractivity contribution in [3.8, 4) is 32.3 Å². The number of ether oxygens (including phenoxy) is 1. The molecule has 2 aliphatic rings. The molecule has 5 heterocycles. The van der Waals surface area contributed by atoms with Crippen molar-refractivity contribution in [2.24, 2.45) is 10.4 Å². The minimum atomic E-state index is -1.00. The number of aryl methyl sites for hydroxylation is 3. The molecule has 0 aliphatic carbocycles. The second-order valence-corrected chi connectivity index (χ2v) is 20.3. The average molecular weight is 942 g/mol. The lowest BCUT2D eigenvalue weighted by molar-refractivity contribution is -0.144. The van der Waals surface area contributed by atoms with Crippen LogP contribution in [-0.2, 0) is 19.2 Å². The first-order valence-electron chi connectivity index (χ1n) is 22.2. The van der Waals surface area contributed by atoms with Gasteiger partial charge in [-0.1, -0.05) is 81.4 Å². The Morgan fingerprint density at radius 2 is 1.52 bits per heavy atom. The Bertz CT molecular complexity index is 2860. The van der Waals surface area contributed by atoms with Crippen LogP contribution in [0, 0.1) is 33.1 Å². The lowest BCUT2D eigenvalue weighted by Crippen LogP contribution is -2.58. The van der Waals surface area contributed by atoms with Crippen LogP contribution in [0.2, 0.25) is 0 Å². The molecule has 3 aromatic heterocycles. The quantitative estimate of drug-likeness (QED) is 0.0992. The molecule has 1 fully saturated rings. The van der Waals surface area contributed by atoms with Crippen LogP contribution in [0.15, 0.2) is 83.3 Å². The smallest absolute Gasteiger partial charge is 0.258 e. The Balaban J connectivity index is 0.902. The second-order valence-electron chi connectivity index (χ2n) is 18.3. The van der Waals surface area contributed by atoms with Crippen LogP contribution >= 0.6 is 22.7 Å². The highest BCUT2D eigenvalue weighted by atomic mass is 32.1. The van der Waals surface area contributed by atoms with Gasteiger partial charge in [-0.15, -0.1) is 32.9 Å². The zero-order valence-corrected chi connectivity index (χ0v) is 40.6. The van der Waals surface area contributed by atoms with Crippen LogP contribution in [0.3, 0.4) is 0 Å². The Kier molecular flexibility index (Phi) is 13.3. The van der Waals surface area contributed by atoms with Gasteiger partial charge in [0, 0.05) is 35.9 Å². The van der Waals surface area contributed by atoms with Crippen LogP contribution in [0.25, 0.3) is 26.6 Å². The maximum atomic E-state index is 14.2. The summed E-state index contributed by atoms with van der Waals surface area (Å²) in [6.45, 7) is 16.5. The van der Waals surface area contributed by atoms with Gasteiger partial charge in [-0.25, -0.2) is 4.98 Å². The van der Waals surface area contributed by atoms with Gasteiger partial charge in [-0.3, -0.25) is 28.7 Å². The Labute approximate surface area is 397 Å². The molecule has 1 saturated heterocycles. The van der Waals surface area contributed by atoms with E-state index in [4.69, 9.17) is 9.73 Å². The largest absolute Gasteiger partial charge is 0.484 e. The number of nitrogens with zero attached hydrogens (tertiary/aromatic N) is 6. The zero-order chi connectivity index (χ0) is 47.9. The third-order valence-electron chi connectivity index (χ3n) is 12.3. The first kappa shape index (κ1) is 47.0. The molecule has 15 nitrogen and oxygen atoms in total. The summed E-state index contributed by atoms with van der Waals surface area (Å²) in [5.41, 5.74) is 9.56. The molecule has 3 aromatic carbocycles. The summed E-state index contributed by atoms with van der Waals surface area (Å²) >= 11 is 3.22. The number of aliphatic hydroxyl groups excluding tert-OH is 1. The predicted molar refractivity (Wildman–Crippen MR) is 259 cm³/mol. The summed E-state index contributed by atoms with van der Waals surface area (Å²) in [5, 5.41) is 29.2. The molecule has 0 saturated carbocycles. The fourth-order valence-corrected chi connectivity index (χ4v) is 10.6. The van der Waals surface area contributed by atoms with E-state index in [9.17, 15) is 24.3 Å². The number of thiophene rings is 1. The van der Waals surface area contributed by atoms with Crippen LogP contribution in [0.1, 0.15) is 97.7 Å². The standard InChI is InChI=1S/C50H55N9O6S2/c1-26-29(4)67-49-41(26)42(55-45(53-31(6)60)46-57-56-30(5)59(46)49)35-14-12-33(13-15-35)34-18-20-38(21-19-34)65-24-40(62)54-44(50(7,8)9)48(64)58-23-37(61)22-39(58)47(63)52-27(2)32-10-16-36(17-11-32)43-28(3)51-25-66-43/h10-21,25,27,37,39,44-45,61H,22-24H2,1-9H3,(H,52,63)(H,53,60)(H,54,62)/t27?,37-,39+,44?,45?/m1/s1. The minimum absolute atomic E-state index is 0.0325. The molecule has 348 valence electrons. The van der Waals surface area contributed by atoms with E-state index >= 15 is 0 Å². The molecule has 8 rings (SSSR count). The van der Waals surface area contributed by atoms with Gasteiger partial charge in [0.2, 0.25) is 17.7 Å². The monoisotopic (exact) mass is 941 g/mol. The SMILES string of the molecule is CC(=O)NC1N=C(c2ccc(-c3ccc(OCC(=O)NC(C(=O)N4C[C@H](O)C[C@H]4C(=O)NC(C)c4ccc(-c5scnc5C)cc4)C(C)(C)C)cc3)cc2)c2c(sc(C)c2C)-n2c(C)nnc21. The number of amides is 4. The van der Waals surface area contributed by atoms with E-state index in [1.54, 1.807) is 34.8 Å². The Morgan fingerprint density at radius 1 is 0.881 bits per heavy atom. The summed E-state index contributed by atoms with van der Waals surface area (Å²) in [6, 6.07) is 21.1. The van der Waals surface area contributed by atoms with E-state index in [1.165, 1.54) is 11.8 Å². The first-order valence-corrected chi connectivity index (χ1v) is 23.9. The number of carbonyl (C=O) groups is 4. The predicted octanol–water partition coefficient (Wildman–Crippen LogP) is 7.09. The summed E-state index contributed by atoms with van der Waals surface area (Å²) in [4.78, 5) is 66.7. The van der Waals surface area contributed by atoms with Gasteiger partial charge in [0.25, 0.3) is 5.91 Å². The van der Waals surface area contributed by atoms with Gasteiger partial charge in [0.15, 0.2) is 18.6 Å². The molecule has 6 aromatic rings. The van der Waals surface area contributed by atoms with Gasteiger partial charge < -0.3 is 30.7 Å². The summed E-state index contributed by atoms with van der Waals surface area (Å²) in [7, 11) is 0. The number of β-amino-alcohol motifs (C(OH)–C–C–N with tert-alkyl or cyclic N) is 1. The van der Waals surface area contributed by atoms with Gasteiger partial charge in [-0.05, 0) is 80.0 Å². The molecule has 4 N–H and O–H groups in total. The van der Waals surface area contributed by atoms with Crippen molar-refractivity contribution in [3.05, 3.63) is 123 Å². The van der Waals surface area contributed by atoms with E-state index in [1.807, 2.05) is 112 Å². The van der Waals surface area contributed by atoms with Crippen molar-refractivity contribution < 1.29 is 29.0 Å². The number of benzene rings is 3. The number of nitrogens with one attached hydrogen (secondary N) is 3. The number of aliphatic imine (C=N–C) groups is 1. The number of thiazole rings is 1. The van der Waals surface area contributed by atoms with E-state index in [-0.39, 0.29) is 37.4 Å². The van der Waals surface area contributed by atoms with Crippen LogP contribution in [0.4, 0.5) is 0 Å². The molecule has 0 spiro atoms. The van der Waals surface area contributed by atoms with Crippen molar-refractivity contribution in [3.63, 3.8) is 0 Å². The van der Waals surface area contributed by atoms with Crippen molar-refractivity contribution in [1.82, 2.24) is 40.6 Å². The molecule has 2 aliphatic heterocycles. The fourth-order valence-electron chi connectivity index (χ4n) is 8.54. The van der Waals surface area contributed by atoms with Crippen molar-refractivity contribution >= 4 is 52.0 Å². The number of hydrogen-bond acceptors (Lipinski definition) is 12. The van der Waals surface area contributed by atoms with E-state index in [0.717, 1.165) is 65.1 Å². The minimum Gasteiger partial charge on any atom is -0.484 e. The molecule has 0 bridgehead atoms. The maximum absolute atomic E-state index is 14.2. The molecule has 0 radical (unpaired) electrons. The molecular weight excluding hydrogens is 887 g/mol. The van der Waals surface area contributed by atoms with Crippen molar-refractivity contribution in [2.75, 3.05) is 13.2 Å². The normalized spacial score (nSPS) is 17.7. The number of aliphatic hydroxyl groups is 1. The molecule has 4 amide bonds. The number of carbonyl (C=O) groups excluding carboxylic acids is 4. The molecule has 5 atom stereocenters. The number of aromatic nitrogens is 4. The first-order chi connectivity index (χ1) is 31.9. The lowest BCUT2D eigenvalue weighted by atomic mass is 9.85. The average Bonchev–Trinajstić information content (AvgIpc) is 4.06. The van der Waals surface area contributed by atoms with Crippen molar-refractivity contribution in [1.29, 1.82) is 0 Å². The zero-order valence-electron chi connectivity index (χ0n) is 39.0. The molecule has 17 heteroatoms. The van der Waals surface area contributed by atoms with E-state index in [2.05, 4.69) is 45.0 Å². The van der Waals surface area contributed by atoms with E-state index < -0.39 is 41.6 Å². The lowest BCUT2D eigenvalue weighted by Gasteiger charge is -2.35. The highest BCUT2D eigenvalue weighted by Gasteiger charge is 2.45. The Morgan fingerprint density at radius 3 is 2.15 bits per heavy atom. The summed E-state index contributed by atoms with van der Waals surface area (Å²) in [6.07, 6.45) is -1.54. The van der Waals surface area contributed by atoms with Gasteiger partial charge in [0.1, 0.15) is 28.7 Å². The highest BCUT2D eigenvalue weighted by Crippen LogP contribution is 2.39. The van der Waals surface area contributed by atoms with Gasteiger partial charge in [-0.2, -0.15) is 0 Å². The fraction of sp³-hybridized carbons (Fsp3) is 0.360. The van der Waals surface area contributed by atoms with Crippen LogP contribution < -0.4 is 20.7 Å².